The first-order valence-electron chi connectivity index (χ1n) is 4.18. The summed E-state index contributed by atoms with van der Waals surface area (Å²) >= 11 is 0. The lowest BCUT2D eigenvalue weighted by Crippen LogP contribution is -2.53. The van der Waals surface area contributed by atoms with E-state index in [4.69, 9.17) is 10.4 Å². The number of nitriles is 1. The van der Waals surface area contributed by atoms with Gasteiger partial charge in [-0.15, -0.1) is 0 Å². The molecular weight excluding hydrogens is 194 g/mol. The first-order chi connectivity index (χ1) is 6.47. The van der Waals surface area contributed by atoms with Crippen LogP contribution in [0.25, 0.3) is 0 Å². The number of piperidine rings is 1. The van der Waals surface area contributed by atoms with Gasteiger partial charge in [-0.1, -0.05) is 0 Å². The van der Waals surface area contributed by atoms with E-state index in [1.165, 1.54) is 0 Å². The third-order valence-electron chi connectivity index (χ3n) is 2.14. The normalized spacial score (nSPS) is 25.6. The number of carbonyl (C=O) groups excluding carboxylic acids is 1. The molecule has 1 saturated heterocycles. The molecule has 1 atom stereocenters. The zero-order valence-corrected chi connectivity index (χ0v) is 7.41. The topological polar surface area (TPSA) is 64.3 Å². The van der Waals surface area contributed by atoms with E-state index in [0.717, 1.165) is 4.90 Å². The average molecular weight is 204 g/mol. The summed E-state index contributed by atoms with van der Waals surface area (Å²) in [5.74, 6) is -3.87. The number of aliphatic hydroxyl groups is 1. The van der Waals surface area contributed by atoms with Crippen molar-refractivity contribution in [3.05, 3.63) is 0 Å². The van der Waals surface area contributed by atoms with Gasteiger partial charge < -0.3 is 10.0 Å². The second kappa shape index (κ2) is 3.88. The first kappa shape index (κ1) is 10.9. The lowest BCUT2D eigenvalue weighted by atomic mass is 10.0. The van der Waals surface area contributed by atoms with Crippen LogP contribution in [0.4, 0.5) is 8.78 Å². The van der Waals surface area contributed by atoms with Crippen LogP contribution in [0, 0.1) is 11.3 Å². The third kappa shape index (κ3) is 2.17. The van der Waals surface area contributed by atoms with Crippen molar-refractivity contribution in [1.82, 2.24) is 4.90 Å². The molecule has 1 N–H and O–H groups in total. The second-order valence-electron chi connectivity index (χ2n) is 3.22. The van der Waals surface area contributed by atoms with Crippen molar-refractivity contribution in [3.8, 4) is 6.07 Å². The molecule has 0 spiro atoms. The Labute approximate surface area is 79.7 Å². The van der Waals surface area contributed by atoms with Gasteiger partial charge in [0.05, 0.1) is 12.6 Å². The molecule has 1 heterocycles. The quantitative estimate of drug-likeness (QED) is 0.660. The molecule has 1 rings (SSSR count). The van der Waals surface area contributed by atoms with E-state index in [1.807, 2.05) is 0 Å². The number of likely N-dealkylation sites (tertiary alicyclic amines) is 1. The molecule has 0 unspecified atom stereocenters. The minimum Gasteiger partial charge on any atom is -0.387 e. The average Bonchev–Trinajstić information content (AvgIpc) is 2.10. The molecule has 0 aromatic heterocycles. The highest BCUT2D eigenvalue weighted by Gasteiger charge is 2.44. The lowest BCUT2D eigenvalue weighted by Gasteiger charge is -2.35. The van der Waals surface area contributed by atoms with Gasteiger partial charge in [0.15, 0.2) is 0 Å². The van der Waals surface area contributed by atoms with Crippen LogP contribution in [-0.2, 0) is 4.79 Å². The molecule has 0 radical (unpaired) electrons. The van der Waals surface area contributed by atoms with E-state index < -0.39 is 30.9 Å². The van der Waals surface area contributed by atoms with Gasteiger partial charge in [0, 0.05) is 6.54 Å². The number of nitrogens with zero attached hydrogens (tertiary/aromatic N) is 2. The number of hydrogen-bond acceptors (Lipinski definition) is 3. The molecule has 4 nitrogen and oxygen atoms in total. The summed E-state index contributed by atoms with van der Waals surface area (Å²) in [6.07, 6.45) is -2.23. The molecule has 0 bridgehead atoms. The summed E-state index contributed by atoms with van der Waals surface area (Å²) in [5, 5.41) is 17.1. The molecule has 0 aliphatic carbocycles. The number of amides is 1. The molecule has 6 heteroatoms. The van der Waals surface area contributed by atoms with Crippen molar-refractivity contribution < 1.29 is 18.7 Å². The van der Waals surface area contributed by atoms with Gasteiger partial charge in [-0.3, -0.25) is 4.79 Å². The summed E-state index contributed by atoms with van der Waals surface area (Å²) in [7, 11) is 0. The fourth-order valence-electron chi connectivity index (χ4n) is 1.32. The zero-order valence-electron chi connectivity index (χ0n) is 7.41. The van der Waals surface area contributed by atoms with E-state index in [1.54, 1.807) is 6.07 Å². The summed E-state index contributed by atoms with van der Waals surface area (Å²) in [6.45, 7) is -0.716. The van der Waals surface area contributed by atoms with Crippen molar-refractivity contribution in [2.75, 3.05) is 13.1 Å². The third-order valence-corrected chi connectivity index (χ3v) is 2.14. The standard InChI is InChI=1S/C8H10F2N2O2/c9-8(10)5-12(4-2-6(8)13)7(14)1-3-11/h6,13H,1-2,4-5H2/t6-/m0/s1. The second-order valence-corrected chi connectivity index (χ2v) is 3.22. The van der Waals surface area contributed by atoms with Gasteiger partial charge in [-0.05, 0) is 6.42 Å². The van der Waals surface area contributed by atoms with Gasteiger partial charge in [-0.2, -0.15) is 5.26 Å². The van der Waals surface area contributed by atoms with Crippen LogP contribution in [0.3, 0.4) is 0 Å². The number of alkyl halides is 2. The number of carbonyl (C=O) groups is 1. The summed E-state index contributed by atoms with van der Waals surface area (Å²) in [4.78, 5) is 12.0. The number of aliphatic hydroxyl groups excluding tert-OH is 1. The predicted molar refractivity (Wildman–Crippen MR) is 42.4 cm³/mol. The van der Waals surface area contributed by atoms with Crippen molar-refractivity contribution in [2.45, 2.75) is 24.9 Å². The molecule has 1 aliphatic heterocycles. The maximum Gasteiger partial charge on any atom is 0.290 e. The van der Waals surface area contributed by atoms with Gasteiger partial charge in [0.1, 0.15) is 12.5 Å². The first-order valence-corrected chi connectivity index (χ1v) is 4.18. The molecule has 78 valence electrons. The number of hydrogen-bond donors (Lipinski definition) is 1. The molecule has 1 fully saturated rings. The van der Waals surface area contributed by atoms with Crippen molar-refractivity contribution in [2.24, 2.45) is 0 Å². The van der Waals surface area contributed by atoms with Crippen LogP contribution in [0.5, 0.6) is 0 Å². The Bertz CT molecular complexity index is 275. The van der Waals surface area contributed by atoms with Crippen LogP contribution in [0.2, 0.25) is 0 Å². The van der Waals surface area contributed by atoms with Crippen molar-refractivity contribution in [3.63, 3.8) is 0 Å². The smallest absolute Gasteiger partial charge is 0.290 e. The molecule has 0 aromatic rings. The largest absolute Gasteiger partial charge is 0.387 e. The molecule has 1 amide bonds. The van der Waals surface area contributed by atoms with Crippen LogP contribution < -0.4 is 0 Å². The molecule has 0 saturated carbocycles. The van der Waals surface area contributed by atoms with Gasteiger partial charge in [0.2, 0.25) is 5.91 Å². The van der Waals surface area contributed by atoms with E-state index in [0.29, 0.717) is 0 Å². The lowest BCUT2D eigenvalue weighted by molar-refractivity contribution is -0.164. The SMILES string of the molecule is N#CCC(=O)N1CC[C@H](O)C(F)(F)C1. The molecule has 0 aromatic carbocycles. The van der Waals surface area contributed by atoms with Crippen molar-refractivity contribution in [1.29, 1.82) is 5.26 Å². The monoisotopic (exact) mass is 204 g/mol. The minimum atomic E-state index is -3.26. The summed E-state index contributed by atoms with van der Waals surface area (Å²) in [6, 6.07) is 1.60. The Morgan fingerprint density at radius 2 is 2.36 bits per heavy atom. The summed E-state index contributed by atoms with van der Waals surface area (Å²) in [5.41, 5.74) is 0. The maximum atomic E-state index is 12.9. The highest BCUT2D eigenvalue weighted by Crippen LogP contribution is 2.27. The van der Waals surface area contributed by atoms with Gasteiger partial charge >= 0.3 is 0 Å². The Morgan fingerprint density at radius 3 is 2.86 bits per heavy atom. The fourth-order valence-corrected chi connectivity index (χ4v) is 1.32. The van der Waals surface area contributed by atoms with Crippen LogP contribution >= 0.6 is 0 Å². The van der Waals surface area contributed by atoms with E-state index in [9.17, 15) is 13.6 Å². The van der Waals surface area contributed by atoms with Gasteiger partial charge in [-0.25, -0.2) is 8.78 Å². The van der Waals surface area contributed by atoms with E-state index in [2.05, 4.69) is 0 Å². The van der Waals surface area contributed by atoms with Crippen LogP contribution in [0.15, 0.2) is 0 Å². The Hall–Kier alpha value is -1.22. The molecular formula is C8H10F2N2O2. The predicted octanol–water partition coefficient (Wildman–Crippen LogP) is 0.129. The zero-order chi connectivity index (χ0) is 10.8. The van der Waals surface area contributed by atoms with Crippen LogP contribution in [-0.4, -0.2) is 41.0 Å². The fraction of sp³-hybridized carbons (Fsp3) is 0.750. The number of rotatable bonds is 1. The Balaban J connectivity index is 2.60. The molecule has 1 aliphatic rings. The van der Waals surface area contributed by atoms with Crippen molar-refractivity contribution >= 4 is 5.91 Å². The van der Waals surface area contributed by atoms with Crippen LogP contribution in [0.1, 0.15) is 12.8 Å². The highest BCUT2D eigenvalue weighted by molar-refractivity contribution is 5.78. The number of halogens is 2. The minimum absolute atomic E-state index is 0.0806. The maximum absolute atomic E-state index is 12.9. The Morgan fingerprint density at radius 1 is 1.71 bits per heavy atom. The van der Waals surface area contributed by atoms with Gasteiger partial charge in [0.25, 0.3) is 5.92 Å². The highest BCUT2D eigenvalue weighted by atomic mass is 19.3. The van der Waals surface area contributed by atoms with E-state index >= 15 is 0 Å². The van der Waals surface area contributed by atoms with E-state index in [-0.39, 0.29) is 13.0 Å². The Kier molecular flexibility index (Phi) is 3.01. The summed E-state index contributed by atoms with van der Waals surface area (Å²) < 4.78 is 25.8. The molecule has 14 heavy (non-hydrogen) atoms.